The van der Waals surface area contributed by atoms with Gasteiger partial charge in [-0.1, -0.05) is 0 Å². The molecule has 3 atom stereocenters. The van der Waals surface area contributed by atoms with Crippen LogP contribution in [0.2, 0.25) is 0 Å². The van der Waals surface area contributed by atoms with Crippen LogP contribution in [0, 0.1) is 11.8 Å². The number of nitrogens with one attached hydrogen (secondary N) is 1. The zero-order valence-corrected chi connectivity index (χ0v) is 13.2. The summed E-state index contributed by atoms with van der Waals surface area (Å²) in [5, 5.41) is 3.21. The van der Waals surface area contributed by atoms with Crippen LogP contribution < -0.4 is 5.32 Å². The molecule has 3 fully saturated rings. The molecule has 0 aromatic carbocycles. The number of hydrogen-bond acceptors (Lipinski definition) is 3. The minimum absolute atomic E-state index is 0. The van der Waals surface area contributed by atoms with Gasteiger partial charge >= 0.3 is 0 Å². The molecule has 116 valence electrons. The molecule has 0 aromatic heterocycles. The molecule has 2 bridgehead atoms. The SMILES string of the molecule is CNCCC1CCN(C(=O)C2CC3CCC2O3)CC1.Cl. The van der Waals surface area contributed by atoms with E-state index in [9.17, 15) is 4.79 Å². The molecule has 3 aliphatic heterocycles. The molecule has 20 heavy (non-hydrogen) atoms. The van der Waals surface area contributed by atoms with Gasteiger partial charge in [-0.05, 0) is 58.0 Å². The fourth-order valence-electron chi connectivity index (χ4n) is 3.92. The molecule has 3 saturated heterocycles. The van der Waals surface area contributed by atoms with Crippen molar-refractivity contribution in [1.29, 1.82) is 0 Å². The van der Waals surface area contributed by atoms with Gasteiger partial charge < -0.3 is 15.0 Å². The van der Waals surface area contributed by atoms with Gasteiger partial charge in [0.2, 0.25) is 5.91 Å². The quantitative estimate of drug-likeness (QED) is 0.861. The smallest absolute Gasteiger partial charge is 0.228 e. The topological polar surface area (TPSA) is 41.6 Å². The molecule has 3 aliphatic rings. The van der Waals surface area contributed by atoms with Crippen molar-refractivity contribution in [3.05, 3.63) is 0 Å². The molecule has 3 rings (SSSR count). The Balaban J connectivity index is 0.00000147. The zero-order valence-electron chi connectivity index (χ0n) is 12.3. The average Bonchev–Trinajstić information content (AvgIpc) is 3.07. The predicted octanol–water partition coefficient (Wildman–Crippen LogP) is 1.82. The van der Waals surface area contributed by atoms with Gasteiger partial charge in [-0.15, -0.1) is 12.4 Å². The normalized spacial score (nSPS) is 33.2. The Morgan fingerprint density at radius 2 is 2.00 bits per heavy atom. The van der Waals surface area contributed by atoms with Crippen LogP contribution in [0.15, 0.2) is 0 Å². The number of ether oxygens (including phenoxy) is 1. The summed E-state index contributed by atoms with van der Waals surface area (Å²) in [7, 11) is 2.01. The van der Waals surface area contributed by atoms with Crippen LogP contribution >= 0.6 is 12.4 Å². The molecule has 0 spiro atoms. The van der Waals surface area contributed by atoms with Crippen molar-refractivity contribution >= 4 is 18.3 Å². The van der Waals surface area contributed by atoms with E-state index in [1.54, 1.807) is 0 Å². The standard InChI is InChI=1S/C15H26N2O2.ClH/c1-16-7-4-11-5-8-17(9-6-11)15(18)13-10-12-2-3-14(13)19-12;/h11-14,16H,2-10H2,1H3;1H. The van der Waals surface area contributed by atoms with Crippen molar-refractivity contribution in [2.45, 2.75) is 50.7 Å². The van der Waals surface area contributed by atoms with Crippen molar-refractivity contribution in [2.75, 3.05) is 26.7 Å². The van der Waals surface area contributed by atoms with E-state index in [0.29, 0.717) is 12.0 Å². The minimum atomic E-state index is 0. The number of hydrogen-bond donors (Lipinski definition) is 1. The molecule has 0 aromatic rings. The number of amides is 1. The van der Waals surface area contributed by atoms with Crippen LogP contribution in [-0.2, 0) is 9.53 Å². The van der Waals surface area contributed by atoms with Crippen LogP contribution in [0.3, 0.4) is 0 Å². The van der Waals surface area contributed by atoms with Crippen LogP contribution in [0.4, 0.5) is 0 Å². The van der Waals surface area contributed by atoms with Crippen LogP contribution in [0.5, 0.6) is 0 Å². The Morgan fingerprint density at radius 1 is 1.25 bits per heavy atom. The zero-order chi connectivity index (χ0) is 13.2. The number of rotatable bonds is 4. The van der Waals surface area contributed by atoms with Gasteiger partial charge in [-0.2, -0.15) is 0 Å². The summed E-state index contributed by atoms with van der Waals surface area (Å²) in [6.45, 7) is 3.01. The average molecular weight is 303 g/mol. The Kier molecular flexibility index (Phi) is 5.70. The highest BCUT2D eigenvalue weighted by Gasteiger charge is 2.45. The number of halogens is 1. The molecule has 5 heteroatoms. The maximum Gasteiger partial charge on any atom is 0.228 e. The summed E-state index contributed by atoms with van der Waals surface area (Å²) in [5.41, 5.74) is 0. The van der Waals surface area contributed by atoms with Gasteiger partial charge in [0.25, 0.3) is 0 Å². The summed E-state index contributed by atoms with van der Waals surface area (Å²) in [6.07, 6.45) is 7.45. The third kappa shape index (κ3) is 3.29. The number of fused-ring (bicyclic) bond motifs is 2. The number of carbonyl (C=O) groups excluding carboxylic acids is 1. The van der Waals surface area contributed by atoms with Crippen molar-refractivity contribution in [3.8, 4) is 0 Å². The van der Waals surface area contributed by atoms with Crippen molar-refractivity contribution < 1.29 is 9.53 Å². The lowest BCUT2D eigenvalue weighted by Gasteiger charge is -2.34. The molecule has 1 amide bonds. The van der Waals surface area contributed by atoms with Crippen molar-refractivity contribution in [2.24, 2.45) is 11.8 Å². The highest BCUT2D eigenvalue weighted by atomic mass is 35.5. The Hall–Kier alpha value is -0.320. The van der Waals surface area contributed by atoms with E-state index in [1.165, 1.54) is 25.7 Å². The van der Waals surface area contributed by atoms with E-state index >= 15 is 0 Å². The minimum Gasteiger partial charge on any atom is -0.374 e. The van der Waals surface area contributed by atoms with Gasteiger partial charge in [0.05, 0.1) is 18.1 Å². The van der Waals surface area contributed by atoms with E-state index in [2.05, 4.69) is 10.2 Å². The first kappa shape index (κ1) is 16.1. The van der Waals surface area contributed by atoms with E-state index in [0.717, 1.165) is 38.4 Å². The molecular formula is C15H27ClN2O2. The first-order chi connectivity index (χ1) is 9.28. The van der Waals surface area contributed by atoms with E-state index in [1.807, 2.05) is 7.05 Å². The highest BCUT2D eigenvalue weighted by Crippen LogP contribution is 2.40. The lowest BCUT2D eigenvalue weighted by Crippen LogP contribution is -2.44. The maximum atomic E-state index is 12.5. The van der Waals surface area contributed by atoms with Crippen LogP contribution in [0.25, 0.3) is 0 Å². The molecule has 0 saturated carbocycles. The second-order valence-corrected chi connectivity index (χ2v) is 6.38. The molecular weight excluding hydrogens is 276 g/mol. The van der Waals surface area contributed by atoms with E-state index in [-0.39, 0.29) is 24.4 Å². The highest BCUT2D eigenvalue weighted by molar-refractivity contribution is 5.85. The van der Waals surface area contributed by atoms with Crippen molar-refractivity contribution in [1.82, 2.24) is 10.2 Å². The monoisotopic (exact) mass is 302 g/mol. The summed E-state index contributed by atoms with van der Waals surface area (Å²) in [4.78, 5) is 14.6. The Bertz CT molecular complexity index is 332. The van der Waals surface area contributed by atoms with Crippen LogP contribution in [0.1, 0.15) is 38.5 Å². The van der Waals surface area contributed by atoms with E-state index < -0.39 is 0 Å². The summed E-state index contributed by atoms with van der Waals surface area (Å²) in [6, 6.07) is 0. The summed E-state index contributed by atoms with van der Waals surface area (Å²) >= 11 is 0. The fraction of sp³-hybridized carbons (Fsp3) is 0.933. The van der Waals surface area contributed by atoms with Gasteiger partial charge in [0.15, 0.2) is 0 Å². The van der Waals surface area contributed by atoms with Gasteiger partial charge in [-0.3, -0.25) is 4.79 Å². The summed E-state index contributed by atoms with van der Waals surface area (Å²) < 4.78 is 5.82. The van der Waals surface area contributed by atoms with Crippen LogP contribution in [-0.4, -0.2) is 49.7 Å². The second-order valence-electron chi connectivity index (χ2n) is 6.38. The molecule has 1 N–H and O–H groups in total. The fourth-order valence-corrected chi connectivity index (χ4v) is 3.92. The maximum absolute atomic E-state index is 12.5. The van der Waals surface area contributed by atoms with Gasteiger partial charge in [0, 0.05) is 13.1 Å². The molecule has 0 radical (unpaired) electrons. The Labute approximate surface area is 128 Å². The lowest BCUT2D eigenvalue weighted by atomic mass is 9.86. The molecule has 0 aliphatic carbocycles. The largest absolute Gasteiger partial charge is 0.374 e. The molecule has 3 unspecified atom stereocenters. The first-order valence-electron chi connectivity index (χ1n) is 7.86. The predicted molar refractivity (Wildman–Crippen MR) is 81.1 cm³/mol. The molecule has 4 nitrogen and oxygen atoms in total. The second kappa shape index (κ2) is 7.10. The van der Waals surface area contributed by atoms with E-state index in [4.69, 9.17) is 4.74 Å². The number of carbonyl (C=O) groups is 1. The molecule has 3 heterocycles. The summed E-state index contributed by atoms with van der Waals surface area (Å²) in [5.74, 6) is 1.35. The lowest BCUT2D eigenvalue weighted by molar-refractivity contribution is -0.138. The first-order valence-corrected chi connectivity index (χ1v) is 7.86. The third-order valence-electron chi connectivity index (χ3n) is 5.15. The van der Waals surface area contributed by atoms with Gasteiger partial charge in [0.1, 0.15) is 0 Å². The Morgan fingerprint density at radius 3 is 2.55 bits per heavy atom. The number of piperidine rings is 1. The number of likely N-dealkylation sites (tertiary alicyclic amines) is 1. The van der Waals surface area contributed by atoms with Crippen molar-refractivity contribution in [3.63, 3.8) is 0 Å². The third-order valence-corrected chi connectivity index (χ3v) is 5.15. The number of nitrogens with zero attached hydrogens (tertiary/aromatic N) is 1. The van der Waals surface area contributed by atoms with Gasteiger partial charge in [-0.25, -0.2) is 0 Å².